The van der Waals surface area contributed by atoms with Crippen molar-refractivity contribution in [1.82, 2.24) is 15.6 Å². The summed E-state index contributed by atoms with van der Waals surface area (Å²) in [6.45, 7) is 1.31. The number of hydrogen-bond donors (Lipinski definition) is 4. The van der Waals surface area contributed by atoms with Gasteiger partial charge in [0.25, 0.3) is 11.8 Å². The van der Waals surface area contributed by atoms with Gasteiger partial charge in [-0.1, -0.05) is 48.0 Å². The molecule has 0 heterocycles. The molecule has 0 aromatic heterocycles. The fraction of sp³-hybridized carbons (Fsp3) is 0.222. The molecule has 0 aliphatic carbocycles. The molecule has 0 aliphatic rings. The van der Waals surface area contributed by atoms with E-state index >= 15 is 0 Å². The topological polar surface area (TPSA) is 130 Å². The van der Waals surface area contributed by atoms with Gasteiger partial charge < -0.3 is 5.73 Å². The van der Waals surface area contributed by atoms with Crippen LogP contribution < -0.4 is 21.3 Å². The minimum Gasteiger partial charge on any atom is -0.320 e. The van der Waals surface area contributed by atoms with E-state index in [-0.39, 0.29) is 4.90 Å². The minimum atomic E-state index is -3.82. The lowest BCUT2D eigenvalue weighted by atomic mass is 10.1. The Kier molecular flexibility index (Phi) is 7.05. The number of hydrazine groups is 1. The van der Waals surface area contributed by atoms with Gasteiger partial charge in [-0.05, 0) is 31.0 Å². The number of amides is 2. The Bertz CT molecular complexity index is 883. The average Bonchev–Trinajstić information content (AvgIpc) is 2.65. The molecule has 8 nitrogen and oxygen atoms in total. The third-order valence-electron chi connectivity index (χ3n) is 3.71. The maximum Gasteiger partial charge on any atom is 0.255 e. The van der Waals surface area contributed by atoms with Gasteiger partial charge in [0.05, 0.1) is 17.5 Å². The van der Waals surface area contributed by atoms with Crippen molar-refractivity contribution >= 4 is 21.8 Å². The van der Waals surface area contributed by atoms with E-state index in [0.29, 0.717) is 6.42 Å². The van der Waals surface area contributed by atoms with E-state index < -0.39 is 34.4 Å². The van der Waals surface area contributed by atoms with Gasteiger partial charge in [-0.3, -0.25) is 20.4 Å². The third-order valence-corrected chi connectivity index (χ3v) is 5.13. The molecule has 0 bridgehead atoms. The number of nitrogens with one attached hydrogen (secondary N) is 3. The summed E-state index contributed by atoms with van der Waals surface area (Å²) in [7, 11) is -3.82. The molecular formula is C18H22N4O4S. The molecule has 0 unspecified atom stereocenters. The first-order chi connectivity index (χ1) is 12.8. The van der Waals surface area contributed by atoms with Crippen molar-refractivity contribution in [2.45, 2.75) is 24.3 Å². The van der Waals surface area contributed by atoms with Gasteiger partial charge in [0.2, 0.25) is 10.0 Å². The summed E-state index contributed by atoms with van der Waals surface area (Å²) in [6, 6.07) is 14.6. The van der Waals surface area contributed by atoms with Crippen LogP contribution in [0, 0.1) is 6.92 Å². The van der Waals surface area contributed by atoms with Crippen molar-refractivity contribution in [3.05, 3.63) is 65.7 Å². The lowest BCUT2D eigenvalue weighted by molar-refractivity contribution is -0.129. The zero-order valence-corrected chi connectivity index (χ0v) is 15.6. The van der Waals surface area contributed by atoms with E-state index in [1.807, 2.05) is 37.3 Å². The van der Waals surface area contributed by atoms with Gasteiger partial charge in [0.15, 0.2) is 0 Å². The summed E-state index contributed by atoms with van der Waals surface area (Å²) in [6.07, 6.45) is 0.308. The Morgan fingerprint density at radius 3 is 2.26 bits per heavy atom. The molecule has 0 saturated heterocycles. The summed E-state index contributed by atoms with van der Waals surface area (Å²) >= 11 is 0. The Balaban J connectivity index is 1.78. The molecule has 2 aromatic carbocycles. The second-order valence-electron chi connectivity index (χ2n) is 5.97. The SMILES string of the molecule is Cc1ccc(S(=O)(=O)NCC(=O)NNC(=O)[C@H](N)Cc2ccccc2)cc1. The Morgan fingerprint density at radius 2 is 1.63 bits per heavy atom. The molecule has 2 aromatic rings. The van der Waals surface area contributed by atoms with Crippen LogP contribution >= 0.6 is 0 Å². The second kappa shape index (κ2) is 9.26. The standard InChI is InChI=1S/C18H22N4O4S/c1-13-7-9-15(10-8-13)27(25,26)20-12-17(23)21-22-18(24)16(19)11-14-5-3-2-4-6-14/h2-10,16,20H,11-12,19H2,1H3,(H,21,23)(H,22,24)/t16-/m1/s1. The highest BCUT2D eigenvalue weighted by molar-refractivity contribution is 7.89. The molecule has 0 aliphatic heterocycles. The van der Waals surface area contributed by atoms with E-state index in [4.69, 9.17) is 5.73 Å². The fourth-order valence-corrected chi connectivity index (χ4v) is 3.17. The summed E-state index contributed by atoms with van der Waals surface area (Å²) in [5.74, 6) is -1.29. The number of carbonyl (C=O) groups is 2. The number of sulfonamides is 1. The summed E-state index contributed by atoms with van der Waals surface area (Å²) < 4.78 is 26.4. The van der Waals surface area contributed by atoms with Crippen LogP contribution in [0.25, 0.3) is 0 Å². The maximum absolute atomic E-state index is 12.1. The molecule has 2 amide bonds. The predicted octanol–water partition coefficient (Wildman–Crippen LogP) is -0.00928. The predicted molar refractivity (Wildman–Crippen MR) is 101 cm³/mol. The Morgan fingerprint density at radius 1 is 1.00 bits per heavy atom. The van der Waals surface area contributed by atoms with Crippen LogP contribution in [0.15, 0.2) is 59.5 Å². The van der Waals surface area contributed by atoms with Crippen molar-refractivity contribution in [1.29, 1.82) is 0 Å². The van der Waals surface area contributed by atoms with E-state index in [9.17, 15) is 18.0 Å². The van der Waals surface area contributed by atoms with Crippen molar-refractivity contribution in [2.24, 2.45) is 5.73 Å². The van der Waals surface area contributed by atoms with Crippen LogP contribution in [-0.4, -0.2) is 32.8 Å². The van der Waals surface area contributed by atoms with Gasteiger partial charge in [0, 0.05) is 0 Å². The summed E-state index contributed by atoms with van der Waals surface area (Å²) in [5.41, 5.74) is 11.9. The highest BCUT2D eigenvalue weighted by atomic mass is 32.2. The molecule has 0 saturated carbocycles. The molecule has 0 fully saturated rings. The zero-order chi connectivity index (χ0) is 19.9. The van der Waals surface area contributed by atoms with E-state index in [2.05, 4.69) is 15.6 Å². The Labute approximate surface area is 158 Å². The lowest BCUT2D eigenvalue weighted by Crippen LogP contribution is -2.52. The molecule has 0 spiro atoms. The van der Waals surface area contributed by atoms with Crippen molar-refractivity contribution in [3.63, 3.8) is 0 Å². The normalized spacial score (nSPS) is 12.2. The molecule has 144 valence electrons. The number of benzene rings is 2. The fourth-order valence-electron chi connectivity index (χ4n) is 2.19. The van der Waals surface area contributed by atoms with Gasteiger partial charge in [-0.2, -0.15) is 0 Å². The van der Waals surface area contributed by atoms with Gasteiger partial charge in [0.1, 0.15) is 0 Å². The number of rotatable bonds is 7. The minimum absolute atomic E-state index is 0.0508. The first-order valence-electron chi connectivity index (χ1n) is 8.22. The van der Waals surface area contributed by atoms with Crippen LogP contribution in [0.2, 0.25) is 0 Å². The number of carbonyl (C=O) groups excluding carboxylic acids is 2. The third kappa shape index (κ3) is 6.48. The largest absolute Gasteiger partial charge is 0.320 e. The zero-order valence-electron chi connectivity index (χ0n) is 14.8. The second-order valence-corrected chi connectivity index (χ2v) is 7.74. The van der Waals surface area contributed by atoms with Gasteiger partial charge in [-0.25, -0.2) is 13.1 Å². The van der Waals surface area contributed by atoms with Crippen molar-refractivity contribution in [2.75, 3.05) is 6.54 Å². The van der Waals surface area contributed by atoms with Crippen LogP contribution in [-0.2, 0) is 26.0 Å². The van der Waals surface area contributed by atoms with Gasteiger partial charge in [-0.15, -0.1) is 0 Å². The molecule has 5 N–H and O–H groups in total. The summed E-state index contributed by atoms with van der Waals surface area (Å²) in [4.78, 5) is 23.7. The number of hydrogen-bond acceptors (Lipinski definition) is 5. The smallest absolute Gasteiger partial charge is 0.255 e. The molecule has 9 heteroatoms. The highest BCUT2D eigenvalue weighted by Crippen LogP contribution is 2.09. The average molecular weight is 390 g/mol. The molecule has 27 heavy (non-hydrogen) atoms. The van der Waals surface area contributed by atoms with Crippen LogP contribution in [0.3, 0.4) is 0 Å². The van der Waals surface area contributed by atoms with Gasteiger partial charge >= 0.3 is 0 Å². The molecular weight excluding hydrogens is 368 g/mol. The van der Waals surface area contributed by atoms with E-state index in [0.717, 1.165) is 11.1 Å². The Hall–Kier alpha value is -2.75. The molecule has 1 atom stereocenters. The monoisotopic (exact) mass is 390 g/mol. The highest BCUT2D eigenvalue weighted by Gasteiger charge is 2.17. The van der Waals surface area contributed by atoms with E-state index in [1.165, 1.54) is 12.1 Å². The van der Waals surface area contributed by atoms with Crippen LogP contribution in [0.5, 0.6) is 0 Å². The molecule has 2 rings (SSSR count). The van der Waals surface area contributed by atoms with Crippen molar-refractivity contribution < 1.29 is 18.0 Å². The van der Waals surface area contributed by atoms with Crippen molar-refractivity contribution in [3.8, 4) is 0 Å². The van der Waals surface area contributed by atoms with E-state index in [1.54, 1.807) is 12.1 Å². The number of aryl methyl sites for hydroxylation is 1. The quantitative estimate of drug-likeness (QED) is 0.494. The van der Waals surface area contributed by atoms with Crippen LogP contribution in [0.1, 0.15) is 11.1 Å². The lowest BCUT2D eigenvalue weighted by Gasteiger charge is -2.13. The first-order valence-corrected chi connectivity index (χ1v) is 9.71. The van der Waals surface area contributed by atoms with Crippen LogP contribution in [0.4, 0.5) is 0 Å². The first kappa shape index (κ1) is 20.6. The molecule has 0 radical (unpaired) electrons. The number of nitrogens with two attached hydrogens (primary N) is 1. The maximum atomic E-state index is 12.1. The summed E-state index contributed by atoms with van der Waals surface area (Å²) in [5, 5.41) is 0.